The summed E-state index contributed by atoms with van der Waals surface area (Å²) in [6.45, 7) is 3.54. The first-order chi connectivity index (χ1) is 13.4. The molecule has 2 rings (SSSR count). The minimum atomic E-state index is -0.762. The highest BCUT2D eigenvalue weighted by Gasteiger charge is 2.18. The summed E-state index contributed by atoms with van der Waals surface area (Å²) < 4.78 is 12.3. The summed E-state index contributed by atoms with van der Waals surface area (Å²) in [6, 6.07) is 5.10. The van der Waals surface area contributed by atoms with Gasteiger partial charge >= 0.3 is 5.69 Å². The van der Waals surface area contributed by atoms with Gasteiger partial charge in [-0.1, -0.05) is 6.07 Å². The molecule has 0 fully saturated rings. The normalized spacial score (nSPS) is 10.9. The average molecular weight is 389 g/mol. The number of aromatic hydroxyl groups is 1. The molecule has 2 aromatic rings. The second kappa shape index (κ2) is 8.94. The molecule has 1 aromatic carbocycles. The van der Waals surface area contributed by atoms with Gasteiger partial charge in [-0.3, -0.25) is 18.7 Å². The second-order valence-electron chi connectivity index (χ2n) is 5.71. The van der Waals surface area contributed by atoms with Crippen LogP contribution in [0.3, 0.4) is 0 Å². The third-order valence-electron chi connectivity index (χ3n) is 4.12. The molecule has 28 heavy (non-hydrogen) atoms. The summed E-state index contributed by atoms with van der Waals surface area (Å²) in [6.07, 6.45) is 2.72. The third-order valence-corrected chi connectivity index (χ3v) is 4.12. The van der Waals surface area contributed by atoms with Crippen molar-refractivity contribution in [3.05, 3.63) is 50.7 Å². The number of hydrogen-bond acceptors (Lipinski definition) is 6. The Morgan fingerprint density at radius 3 is 2.32 bits per heavy atom. The van der Waals surface area contributed by atoms with Gasteiger partial charge in [-0.2, -0.15) is 0 Å². The maximum Gasteiger partial charge on any atom is 0.333 e. The van der Waals surface area contributed by atoms with Crippen LogP contribution in [0.25, 0.3) is 6.08 Å². The minimum absolute atomic E-state index is 0.113. The lowest BCUT2D eigenvalue weighted by atomic mass is 10.2. The molecule has 0 spiro atoms. The Labute approximate surface area is 161 Å². The van der Waals surface area contributed by atoms with Gasteiger partial charge < -0.3 is 19.9 Å². The van der Waals surface area contributed by atoms with Crippen LogP contribution in [0, 0.1) is 0 Å². The van der Waals surface area contributed by atoms with Crippen LogP contribution in [0.2, 0.25) is 0 Å². The molecule has 0 unspecified atom stereocenters. The molecule has 0 saturated heterocycles. The van der Waals surface area contributed by atoms with Crippen LogP contribution in [0.15, 0.2) is 33.9 Å². The zero-order chi connectivity index (χ0) is 20.8. The summed E-state index contributed by atoms with van der Waals surface area (Å²) in [5.74, 6) is -0.152. The SMILES string of the molecule is CCn1c(O)c(NC(=O)/C=C/c2ccc(OC)c(OC)c2)c(=O)n(CC)c1=O. The Hall–Kier alpha value is -3.49. The molecule has 1 amide bonds. The molecular weight excluding hydrogens is 366 g/mol. The fraction of sp³-hybridized carbons (Fsp3) is 0.316. The van der Waals surface area contributed by atoms with Crippen LogP contribution in [0.1, 0.15) is 19.4 Å². The van der Waals surface area contributed by atoms with Crippen molar-refractivity contribution in [2.24, 2.45) is 0 Å². The first-order valence-electron chi connectivity index (χ1n) is 8.65. The number of carbonyl (C=O) groups is 1. The van der Waals surface area contributed by atoms with Gasteiger partial charge in [0.1, 0.15) is 0 Å². The predicted molar refractivity (Wildman–Crippen MR) is 105 cm³/mol. The lowest BCUT2D eigenvalue weighted by Gasteiger charge is -2.13. The zero-order valence-corrected chi connectivity index (χ0v) is 16.2. The topological polar surface area (TPSA) is 112 Å². The molecular formula is C19H23N3O6. The number of amides is 1. The van der Waals surface area contributed by atoms with Crippen molar-refractivity contribution in [3.8, 4) is 17.4 Å². The number of hydrogen-bond donors (Lipinski definition) is 2. The van der Waals surface area contributed by atoms with E-state index < -0.39 is 23.0 Å². The number of nitrogens with zero attached hydrogens (tertiary/aromatic N) is 2. The van der Waals surface area contributed by atoms with E-state index in [0.29, 0.717) is 17.1 Å². The molecule has 9 nitrogen and oxygen atoms in total. The third kappa shape index (κ3) is 4.08. The molecule has 2 N–H and O–H groups in total. The molecule has 0 aliphatic heterocycles. The van der Waals surface area contributed by atoms with Crippen molar-refractivity contribution in [1.82, 2.24) is 9.13 Å². The van der Waals surface area contributed by atoms with E-state index in [2.05, 4.69) is 5.32 Å². The Morgan fingerprint density at radius 1 is 1.11 bits per heavy atom. The Kier molecular flexibility index (Phi) is 6.64. The maximum absolute atomic E-state index is 12.4. The minimum Gasteiger partial charge on any atom is -0.493 e. The number of benzene rings is 1. The number of methoxy groups -OCH3 is 2. The number of ether oxygens (including phenoxy) is 2. The van der Waals surface area contributed by atoms with E-state index in [1.807, 2.05) is 0 Å². The van der Waals surface area contributed by atoms with Crippen LogP contribution in [0.5, 0.6) is 17.4 Å². The van der Waals surface area contributed by atoms with Crippen LogP contribution in [-0.2, 0) is 17.9 Å². The Balaban J connectivity index is 2.32. The first kappa shape index (κ1) is 20.8. The largest absolute Gasteiger partial charge is 0.493 e. The average Bonchev–Trinajstić information content (AvgIpc) is 2.70. The molecule has 0 bridgehead atoms. The summed E-state index contributed by atoms with van der Waals surface area (Å²) in [5, 5.41) is 12.6. The van der Waals surface area contributed by atoms with Crippen LogP contribution < -0.4 is 26.0 Å². The predicted octanol–water partition coefficient (Wildman–Crippen LogP) is 1.42. The van der Waals surface area contributed by atoms with E-state index in [0.717, 1.165) is 9.13 Å². The van der Waals surface area contributed by atoms with E-state index in [1.165, 1.54) is 26.4 Å². The maximum atomic E-state index is 12.4. The van der Waals surface area contributed by atoms with Gasteiger partial charge in [-0.25, -0.2) is 4.79 Å². The Morgan fingerprint density at radius 2 is 1.75 bits per heavy atom. The monoisotopic (exact) mass is 389 g/mol. The standard InChI is InChI=1S/C19H23N3O6/c1-5-21-17(24)16(18(25)22(6-2)19(21)26)20-15(23)10-8-12-7-9-13(27-3)14(11-12)28-4/h7-11,24H,5-6H2,1-4H3,(H,20,23)/b10-8+. The molecule has 150 valence electrons. The van der Waals surface area contributed by atoms with E-state index in [-0.39, 0.29) is 18.8 Å². The van der Waals surface area contributed by atoms with E-state index >= 15 is 0 Å². The van der Waals surface area contributed by atoms with Crippen molar-refractivity contribution in [3.63, 3.8) is 0 Å². The fourth-order valence-electron chi connectivity index (χ4n) is 2.66. The molecule has 0 saturated carbocycles. The van der Waals surface area contributed by atoms with Crippen molar-refractivity contribution >= 4 is 17.7 Å². The number of anilines is 1. The molecule has 0 aliphatic carbocycles. The molecule has 0 atom stereocenters. The van der Waals surface area contributed by atoms with Gasteiger partial charge in [-0.15, -0.1) is 0 Å². The van der Waals surface area contributed by atoms with Crippen molar-refractivity contribution in [1.29, 1.82) is 0 Å². The number of nitrogens with one attached hydrogen (secondary N) is 1. The Bertz CT molecular complexity index is 1020. The number of carbonyl (C=O) groups excluding carboxylic acids is 1. The van der Waals surface area contributed by atoms with Crippen LogP contribution >= 0.6 is 0 Å². The van der Waals surface area contributed by atoms with Crippen molar-refractivity contribution in [2.75, 3.05) is 19.5 Å². The van der Waals surface area contributed by atoms with Crippen LogP contribution in [-0.4, -0.2) is 34.4 Å². The van der Waals surface area contributed by atoms with Gasteiger partial charge in [0.05, 0.1) is 14.2 Å². The van der Waals surface area contributed by atoms with Gasteiger partial charge in [0.2, 0.25) is 11.8 Å². The van der Waals surface area contributed by atoms with Gasteiger partial charge in [0.25, 0.3) is 5.56 Å². The van der Waals surface area contributed by atoms with Crippen molar-refractivity contribution in [2.45, 2.75) is 26.9 Å². The highest BCUT2D eigenvalue weighted by Crippen LogP contribution is 2.28. The van der Waals surface area contributed by atoms with E-state index in [1.54, 1.807) is 32.0 Å². The molecule has 0 aliphatic rings. The molecule has 0 radical (unpaired) electrons. The molecule has 9 heteroatoms. The first-order valence-corrected chi connectivity index (χ1v) is 8.65. The van der Waals surface area contributed by atoms with E-state index in [4.69, 9.17) is 9.47 Å². The van der Waals surface area contributed by atoms with Gasteiger partial charge in [0, 0.05) is 19.2 Å². The lowest BCUT2D eigenvalue weighted by Crippen LogP contribution is -2.40. The summed E-state index contributed by atoms with van der Waals surface area (Å²) in [5.41, 5.74) is -1.07. The second-order valence-corrected chi connectivity index (χ2v) is 5.71. The van der Waals surface area contributed by atoms with E-state index in [9.17, 15) is 19.5 Å². The molecule has 1 heterocycles. The number of rotatable bonds is 7. The molecule has 1 aromatic heterocycles. The number of aromatic nitrogens is 2. The van der Waals surface area contributed by atoms with Crippen molar-refractivity contribution < 1.29 is 19.4 Å². The summed E-state index contributed by atoms with van der Waals surface area (Å²) in [4.78, 5) is 36.8. The highest BCUT2D eigenvalue weighted by atomic mass is 16.5. The zero-order valence-electron chi connectivity index (χ0n) is 16.2. The quantitative estimate of drug-likeness (QED) is 0.693. The van der Waals surface area contributed by atoms with Gasteiger partial charge in [0.15, 0.2) is 17.2 Å². The fourth-order valence-corrected chi connectivity index (χ4v) is 2.66. The highest BCUT2D eigenvalue weighted by molar-refractivity contribution is 6.02. The van der Waals surface area contributed by atoms with Gasteiger partial charge in [-0.05, 0) is 37.6 Å². The van der Waals surface area contributed by atoms with Crippen LogP contribution in [0.4, 0.5) is 5.69 Å². The lowest BCUT2D eigenvalue weighted by molar-refractivity contribution is -0.111. The smallest absolute Gasteiger partial charge is 0.333 e. The summed E-state index contributed by atoms with van der Waals surface area (Å²) in [7, 11) is 3.02. The summed E-state index contributed by atoms with van der Waals surface area (Å²) >= 11 is 0.